The summed E-state index contributed by atoms with van der Waals surface area (Å²) in [6, 6.07) is 8.25. The predicted molar refractivity (Wildman–Crippen MR) is 88.6 cm³/mol. The number of amides is 1. The Morgan fingerprint density at radius 3 is 2.96 bits per heavy atom. The van der Waals surface area contributed by atoms with Crippen LogP contribution in [-0.4, -0.2) is 33.2 Å². The van der Waals surface area contributed by atoms with E-state index < -0.39 is 0 Å². The molecule has 4 rings (SSSR count). The van der Waals surface area contributed by atoms with Gasteiger partial charge in [0, 0.05) is 17.6 Å². The average Bonchev–Trinajstić information content (AvgIpc) is 3.24. The molecular formula is C16H16N4O2S. The average molecular weight is 328 g/mol. The Morgan fingerprint density at radius 1 is 1.39 bits per heavy atom. The normalized spacial score (nSPS) is 17.7. The van der Waals surface area contributed by atoms with E-state index >= 15 is 0 Å². The molecule has 1 aromatic carbocycles. The highest BCUT2D eigenvalue weighted by atomic mass is 32.1. The summed E-state index contributed by atoms with van der Waals surface area (Å²) in [5.74, 6) is 0.156. The molecule has 1 amide bonds. The van der Waals surface area contributed by atoms with E-state index in [1.807, 2.05) is 5.38 Å². The van der Waals surface area contributed by atoms with Gasteiger partial charge in [-0.1, -0.05) is 29.8 Å². The summed E-state index contributed by atoms with van der Waals surface area (Å²) < 4.78 is 7.14. The molecule has 0 aliphatic carbocycles. The van der Waals surface area contributed by atoms with Crippen LogP contribution in [0.4, 0.5) is 5.95 Å². The van der Waals surface area contributed by atoms with Crippen LogP contribution in [0.5, 0.6) is 0 Å². The summed E-state index contributed by atoms with van der Waals surface area (Å²) in [4.78, 5) is 17.2. The molecule has 1 unspecified atom stereocenters. The van der Waals surface area contributed by atoms with Crippen LogP contribution in [0.15, 0.2) is 29.6 Å². The maximum atomic E-state index is 12.1. The van der Waals surface area contributed by atoms with Crippen LogP contribution in [-0.2, 0) is 9.53 Å². The molecule has 1 fully saturated rings. The van der Waals surface area contributed by atoms with Crippen molar-refractivity contribution in [3.05, 3.63) is 35.2 Å². The van der Waals surface area contributed by atoms with Crippen molar-refractivity contribution in [2.45, 2.75) is 25.9 Å². The number of rotatable bonds is 3. The number of aryl methyl sites for hydroxylation is 1. The lowest BCUT2D eigenvalue weighted by Crippen LogP contribution is -2.27. The van der Waals surface area contributed by atoms with E-state index in [0.717, 1.165) is 29.1 Å². The van der Waals surface area contributed by atoms with E-state index in [9.17, 15) is 4.79 Å². The number of anilines is 1. The minimum Gasteiger partial charge on any atom is -0.368 e. The lowest BCUT2D eigenvalue weighted by molar-refractivity contribution is -0.124. The van der Waals surface area contributed by atoms with Crippen molar-refractivity contribution in [2.24, 2.45) is 0 Å². The van der Waals surface area contributed by atoms with Crippen LogP contribution in [0.3, 0.4) is 0 Å². The van der Waals surface area contributed by atoms with E-state index in [4.69, 9.17) is 4.74 Å². The topological polar surface area (TPSA) is 68.5 Å². The zero-order valence-corrected chi connectivity index (χ0v) is 13.5. The van der Waals surface area contributed by atoms with Crippen LogP contribution >= 0.6 is 11.3 Å². The van der Waals surface area contributed by atoms with Crippen molar-refractivity contribution < 1.29 is 9.53 Å². The molecule has 1 aliphatic heterocycles. The lowest BCUT2D eigenvalue weighted by atomic mass is 10.1. The number of carbonyl (C=O) groups excluding carboxylic acids is 1. The van der Waals surface area contributed by atoms with Gasteiger partial charge in [-0.3, -0.25) is 10.1 Å². The predicted octanol–water partition coefficient (Wildman–Crippen LogP) is 2.88. The van der Waals surface area contributed by atoms with Crippen molar-refractivity contribution in [3.63, 3.8) is 0 Å². The molecule has 0 radical (unpaired) electrons. The number of nitrogens with one attached hydrogen (secondary N) is 1. The van der Waals surface area contributed by atoms with Crippen molar-refractivity contribution >= 4 is 28.2 Å². The molecule has 1 N–H and O–H groups in total. The number of hydrogen-bond acceptors (Lipinski definition) is 5. The van der Waals surface area contributed by atoms with E-state index in [1.165, 1.54) is 16.9 Å². The molecule has 6 nitrogen and oxygen atoms in total. The number of thiazole rings is 1. The Balaban J connectivity index is 1.61. The van der Waals surface area contributed by atoms with Crippen molar-refractivity contribution in [2.75, 3.05) is 11.9 Å². The third-order valence-corrected chi connectivity index (χ3v) is 4.70. The van der Waals surface area contributed by atoms with Crippen molar-refractivity contribution in [1.82, 2.24) is 14.6 Å². The van der Waals surface area contributed by atoms with Crippen LogP contribution in [0.1, 0.15) is 18.4 Å². The number of carbonyl (C=O) groups is 1. The summed E-state index contributed by atoms with van der Waals surface area (Å²) in [6.07, 6.45) is 1.29. The highest BCUT2D eigenvalue weighted by Gasteiger charge is 2.25. The lowest BCUT2D eigenvalue weighted by Gasteiger charge is -2.07. The van der Waals surface area contributed by atoms with Gasteiger partial charge in [0.05, 0.1) is 5.69 Å². The van der Waals surface area contributed by atoms with Crippen LogP contribution < -0.4 is 5.32 Å². The molecule has 23 heavy (non-hydrogen) atoms. The fraction of sp³-hybridized carbons (Fsp3) is 0.312. The first kappa shape index (κ1) is 14.3. The highest BCUT2D eigenvalue weighted by molar-refractivity contribution is 7.15. The van der Waals surface area contributed by atoms with Crippen LogP contribution in [0.2, 0.25) is 0 Å². The van der Waals surface area contributed by atoms with Gasteiger partial charge in [0.15, 0.2) is 0 Å². The summed E-state index contributed by atoms with van der Waals surface area (Å²) in [6.45, 7) is 2.70. The maximum absolute atomic E-state index is 12.1. The first-order valence-corrected chi connectivity index (χ1v) is 8.42. The Morgan fingerprint density at radius 2 is 2.22 bits per heavy atom. The van der Waals surface area contributed by atoms with Gasteiger partial charge in [-0.2, -0.15) is 4.98 Å². The Kier molecular flexibility index (Phi) is 3.59. The monoisotopic (exact) mass is 328 g/mol. The fourth-order valence-corrected chi connectivity index (χ4v) is 3.46. The molecule has 0 spiro atoms. The molecule has 0 saturated carbocycles. The second-order valence-electron chi connectivity index (χ2n) is 5.61. The second kappa shape index (κ2) is 5.75. The van der Waals surface area contributed by atoms with Crippen molar-refractivity contribution in [1.29, 1.82) is 0 Å². The largest absolute Gasteiger partial charge is 0.368 e. The van der Waals surface area contributed by atoms with E-state index in [-0.39, 0.29) is 12.0 Å². The zero-order valence-electron chi connectivity index (χ0n) is 12.7. The van der Waals surface area contributed by atoms with Gasteiger partial charge in [0.1, 0.15) is 6.10 Å². The molecule has 2 aromatic heterocycles. The molecule has 0 bridgehead atoms. The molecule has 7 heteroatoms. The summed E-state index contributed by atoms with van der Waals surface area (Å²) >= 11 is 1.50. The number of fused-ring (bicyclic) bond motifs is 1. The van der Waals surface area contributed by atoms with Crippen molar-refractivity contribution in [3.8, 4) is 11.3 Å². The van der Waals surface area contributed by atoms with E-state index in [2.05, 4.69) is 46.6 Å². The molecule has 118 valence electrons. The number of benzene rings is 1. The number of aromatic nitrogens is 3. The van der Waals surface area contributed by atoms with Gasteiger partial charge in [-0.15, -0.1) is 16.4 Å². The Hall–Kier alpha value is -2.25. The number of hydrogen-bond donors (Lipinski definition) is 1. The molecule has 1 saturated heterocycles. The van der Waals surface area contributed by atoms with Gasteiger partial charge in [-0.25, -0.2) is 4.52 Å². The van der Waals surface area contributed by atoms with Gasteiger partial charge in [0.2, 0.25) is 4.96 Å². The third kappa shape index (κ3) is 2.73. The standard InChI is InChI=1S/C16H16N4O2S/c1-10-4-6-11(7-5-10)12-9-23-16-18-15(19-20(12)16)17-14(21)13-3-2-8-22-13/h4-7,9,13H,2-3,8H2,1H3,(H,17,19,21). The second-order valence-corrected chi connectivity index (χ2v) is 6.44. The minimum absolute atomic E-state index is 0.169. The molecule has 1 aliphatic rings. The maximum Gasteiger partial charge on any atom is 0.255 e. The number of ether oxygens (including phenoxy) is 1. The zero-order chi connectivity index (χ0) is 15.8. The van der Waals surface area contributed by atoms with E-state index in [1.54, 1.807) is 4.52 Å². The molecule has 3 heterocycles. The first-order chi connectivity index (χ1) is 11.2. The van der Waals surface area contributed by atoms with Gasteiger partial charge >= 0.3 is 0 Å². The highest BCUT2D eigenvalue weighted by Crippen LogP contribution is 2.26. The SMILES string of the molecule is Cc1ccc(-c2csc3nc(NC(=O)C4CCCO4)nn23)cc1. The van der Waals surface area contributed by atoms with E-state index in [0.29, 0.717) is 12.6 Å². The quantitative estimate of drug-likeness (QED) is 0.803. The summed E-state index contributed by atoms with van der Waals surface area (Å²) in [5, 5.41) is 9.18. The molecule has 1 atom stereocenters. The van der Waals surface area contributed by atoms with Gasteiger partial charge in [-0.05, 0) is 19.8 Å². The fourth-order valence-electron chi connectivity index (χ4n) is 2.63. The minimum atomic E-state index is -0.381. The smallest absolute Gasteiger partial charge is 0.255 e. The molecule has 3 aromatic rings. The van der Waals surface area contributed by atoms with Gasteiger partial charge < -0.3 is 4.74 Å². The van der Waals surface area contributed by atoms with Crippen LogP contribution in [0.25, 0.3) is 16.2 Å². The Labute approximate surface area is 137 Å². The summed E-state index contributed by atoms with van der Waals surface area (Å²) in [7, 11) is 0. The number of nitrogens with zero attached hydrogens (tertiary/aromatic N) is 3. The summed E-state index contributed by atoms with van der Waals surface area (Å²) in [5.41, 5.74) is 3.25. The molecular weight excluding hydrogens is 312 g/mol. The van der Waals surface area contributed by atoms with Gasteiger partial charge in [0.25, 0.3) is 11.9 Å². The first-order valence-electron chi connectivity index (χ1n) is 7.54. The third-order valence-electron chi connectivity index (χ3n) is 3.89. The Bertz CT molecular complexity index is 847. The van der Waals surface area contributed by atoms with Crippen LogP contribution in [0, 0.1) is 6.92 Å².